The van der Waals surface area contributed by atoms with Crippen LogP contribution in [0, 0.1) is 0 Å². The van der Waals surface area contributed by atoms with Crippen LogP contribution in [0.5, 0.6) is 0 Å². The van der Waals surface area contributed by atoms with E-state index in [0.717, 1.165) is 0 Å². The van der Waals surface area contributed by atoms with Gasteiger partial charge in [0.2, 0.25) is 10.0 Å². The third kappa shape index (κ3) is 4.95. The van der Waals surface area contributed by atoms with Gasteiger partial charge in [0.05, 0.1) is 6.26 Å². The Bertz CT molecular complexity index is 202. The predicted molar refractivity (Wildman–Crippen MR) is 53.5 cm³/mol. The van der Waals surface area contributed by atoms with Crippen molar-refractivity contribution < 1.29 is 8.42 Å². The Morgan fingerprint density at radius 2 is 2.09 bits per heavy atom. The fraction of sp³-hybridized carbons (Fsp3) is 1.00. The highest BCUT2D eigenvalue weighted by molar-refractivity contribution is 8.68. The van der Waals surface area contributed by atoms with E-state index in [1.54, 1.807) is 7.05 Å². The molecule has 6 heteroatoms. The lowest BCUT2D eigenvalue weighted by molar-refractivity contribution is 0.478. The van der Waals surface area contributed by atoms with Crippen LogP contribution in [0.3, 0.4) is 0 Å². The molecular formula is C5H13NO2S3. The molecule has 3 nitrogen and oxygen atoms in total. The Balaban J connectivity index is 3.98. The number of hydrogen-bond acceptors (Lipinski definition) is 4. The molecule has 1 atom stereocenters. The Kier molecular flexibility index (Phi) is 4.85. The summed E-state index contributed by atoms with van der Waals surface area (Å²) in [6.07, 6.45) is 1.20. The zero-order valence-corrected chi connectivity index (χ0v) is 9.34. The Labute approximate surface area is 77.4 Å². The van der Waals surface area contributed by atoms with E-state index >= 15 is 0 Å². The summed E-state index contributed by atoms with van der Waals surface area (Å²) in [6.45, 7) is 2.44. The highest BCUT2D eigenvalue weighted by Gasteiger charge is 2.13. The van der Waals surface area contributed by atoms with E-state index in [1.807, 2.05) is 6.92 Å². The van der Waals surface area contributed by atoms with E-state index in [1.165, 1.54) is 21.4 Å². The van der Waals surface area contributed by atoms with Crippen molar-refractivity contribution in [3.8, 4) is 0 Å². The summed E-state index contributed by atoms with van der Waals surface area (Å²) in [4.78, 5) is 0. The van der Waals surface area contributed by atoms with Crippen LogP contribution in [-0.4, -0.2) is 37.8 Å². The summed E-state index contributed by atoms with van der Waals surface area (Å²) in [5.74, 6) is 0. The van der Waals surface area contributed by atoms with Crippen LogP contribution in [0.15, 0.2) is 0 Å². The maximum Gasteiger partial charge on any atom is 0.210 e. The van der Waals surface area contributed by atoms with Gasteiger partial charge in [-0.15, -0.1) is 11.7 Å². The van der Waals surface area contributed by atoms with E-state index < -0.39 is 10.0 Å². The number of sulfonamides is 1. The Hall–Kier alpha value is 0.610. The summed E-state index contributed by atoms with van der Waals surface area (Å²) in [5, 5.41) is 0.220. The van der Waals surface area contributed by atoms with Gasteiger partial charge in [-0.2, -0.15) is 0 Å². The molecule has 0 amide bonds. The first-order valence-electron chi connectivity index (χ1n) is 3.09. The van der Waals surface area contributed by atoms with Crippen molar-refractivity contribution in [2.24, 2.45) is 0 Å². The number of thiol groups is 1. The van der Waals surface area contributed by atoms with Crippen LogP contribution in [0.25, 0.3) is 0 Å². The SMILES string of the molecule is CC(CN(C)S(C)(=O)=O)SS. The van der Waals surface area contributed by atoms with Crippen LogP contribution in [0.4, 0.5) is 0 Å². The van der Waals surface area contributed by atoms with Crippen LogP contribution >= 0.6 is 22.5 Å². The quantitative estimate of drug-likeness (QED) is 0.558. The summed E-state index contributed by atoms with van der Waals surface area (Å²) in [5.41, 5.74) is 0. The molecule has 0 heterocycles. The first-order valence-corrected chi connectivity index (χ1v) is 6.87. The maximum absolute atomic E-state index is 10.9. The fourth-order valence-corrected chi connectivity index (χ4v) is 1.61. The monoisotopic (exact) mass is 215 g/mol. The van der Waals surface area contributed by atoms with Gasteiger partial charge in [-0.25, -0.2) is 12.7 Å². The van der Waals surface area contributed by atoms with Gasteiger partial charge < -0.3 is 0 Å². The third-order valence-electron chi connectivity index (χ3n) is 1.26. The molecule has 0 N–H and O–H groups in total. The Morgan fingerprint density at radius 3 is 2.36 bits per heavy atom. The second-order valence-corrected chi connectivity index (χ2v) is 6.20. The summed E-state index contributed by atoms with van der Waals surface area (Å²) in [7, 11) is -0.0991. The number of nitrogens with zero attached hydrogens (tertiary/aromatic N) is 1. The van der Waals surface area contributed by atoms with E-state index in [4.69, 9.17) is 0 Å². The molecular weight excluding hydrogens is 202 g/mol. The van der Waals surface area contributed by atoms with Crippen molar-refractivity contribution in [3.05, 3.63) is 0 Å². The minimum atomic E-state index is -3.02. The zero-order chi connectivity index (χ0) is 9.07. The van der Waals surface area contributed by atoms with Crippen molar-refractivity contribution in [2.75, 3.05) is 19.8 Å². The van der Waals surface area contributed by atoms with Crippen molar-refractivity contribution >= 4 is 32.5 Å². The first kappa shape index (κ1) is 11.6. The summed E-state index contributed by atoms with van der Waals surface area (Å²) in [6, 6.07) is 0. The summed E-state index contributed by atoms with van der Waals surface area (Å²) < 4.78 is 23.1. The van der Waals surface area contributed by atoms with E-state index in [2.05, 4.69) is 11.7 Å². The topological polar surface area (TPSA) is 37.4 Å². The lowest BCUT2D eigenvalue weighted by atomic mass is 10.5. The van der Waals surface area contributed by atoms with Crippen LogP contribution in [0.1, 0.15) is 6.92 Å². The van der Waals surface area contributed by atoms with Gasteiger partial charge in [-0.3, -0.25) is 0 Å². The van der Waals surface area contributed by atoms with Crippen molar-refractivity contribution in [1.82, 2.24) is 4.31 Å². The largest absolute Gasteiger partial charge is 0.213 e. The third-order valence-corrected chi connectivity index (χ3v) is 4.13. The Morgan fingerprint density at radius 1 is 1.64 bits per heavy atom. The highest BCUT2D eigenvalue weighted by Crippen LogP contribution is 2.15. The highest BCUT2D eigenvalue weighted by atomic mass is 33.1. The lowest BCUT2D eigenvalue weighted by Gasteiger charge is -2.16. The van der Waals surface area contributed by atoms with E-state index in [0.29, 0.717) is 6.54 Å². The molecule has 0 aromatic carbocycles. The van der Waals surface area contributed by atoms with Gasteiger partial charge in [-0.05, 0) is 0 Å². The standard InChI is InChI=1S/C5H13NO2S3/c1-5(10-9)4-6(2)11(3,7)8/h5,9H,4H2,1-3H3. The minimum absolute atomic E-state index is 0.220. The molecule has 0 spiro atoms. The number of hydrogen-bond donors (Lipinski definition) is 1. The van der Waals surface area contributed by atoms with Gasteiger partial charge in [-0.1, -0.05) is 17.7 Å². The van der Waals surface area contributed by atoms with Crippen molar-refractivity contribution in [1.29, 1.82) is 0 Å². The molecule has 0 saturated heterocycles. The van der Waals surface area contributed by atoms with Gasteiger partial charge in [0.15, 0.2) is 0 Å². The molecule has 0 saturated carbocycles. The molecule has 1 unspecified atom stereocenters. The molecule has 11 heavy (non-hydrogen) atoms. The smallest absolute Gasteiger partial charge is 0.210 e. The van der Waals surface area contributed by atoms with E-state index in [-0.39, 0.29) is 5.25 Å². The van der Waals surface area contributed by atoms with Crippen molar-refractivity contribution in [2.45, 2.75) is 12.2 Å². The molecule has 0 bridgehead atoms. The minimum Gasteiger partial charge on any atom is -0.213 e. The second-order valence-electron chi connectivity index (χ2n) is 2.46. The number of rotatable bonds is 4. The molecule has 0 rings (SSSR count). The molecule has 0 aromatic rings. The molecule has 0 aromatic heterocycles. The second kappa shape index (κ2) is 4.59. The molecule has 0 aliphatic rings. The average molecular weight is 215 g/mol. The van der Waals surface area contributed by atoms with Crippen molar-refractivity contribution in [3.63, 3.8) is 0 Å². The average Bonchev–Trinajstić information content (AvgIpc) is 1.85. The molecule has 0 radical (unpaired) electrons. The predicted octanol–water partition coefficient (Wildman–Crippen LogP) is 0.844. The van der Waals surface area contributed by atoms with Crippen LogP contribution in [0.2, 0.25) is 0 Å². The molecule has 68 valence electrons. The van der Waals surface area contributed by atoms with Crippen LogP contribution < -0.4 is 0 Å². The van der Waals surface area contributed by atoms with Gasteiger partial charge in [0.25, 0.3) is 0 Å². The first-order chi connectivity index (χ1) is 4.88. The molecule has 0 aliphatic heterocycles. The van der Waals surface area contributed by atoms with Gasteiger partial charge in [0.1, 0.15) is 0 Å². The van der Waals surface area contributed by atoms with Crippen LogP contribution in [-0.2, 0) is 10.0 Å². The van der Waals surface area contributed by atoms with E-state index in [9.17, 15) is 8.42 Å². The normalized spacial score (nSPS) is 15.4. The zero-order valence-electron chi connectivity index (χ0n) is 6.81. The lowest BCUT2D eigenvalue weighted by Crippen LogP contribution is -2.30. The maximum atomic E-state index is 10.9. The van der Waals surface area contributed by atoms with Gasteiger partial charge in [0, 0.05) is 18.8 Å². The van der Waals surface area contributed by atoms with Gasteiger partial charge >= 0.3 is 0 Å². The summed E-state index contributed by atoms with van der Waals surface area (Å²) >= 11 is 3.98. The molecule has 0 fully saturated rings. The molecule has 0 aliphatic carbocycles. The fourth-order valence-electron chi connectivity index (χ4n) is 0.531.